The first kappa shape index (κ1) is 19.6. The summed E-state index contributed by atoms with van der Waals surface area (Å²) in [4.78, 5) is 41.4. The van der Waals surface area contributed by atoms with Gasteiger partial charge in [-0.3, -0.25) is 19.3 Å². The summed E-state index contributed by atoms with van der Waals surface area (Å²) in [5, 5.41) is 4.43. The molecule has 0 saturated carbocycles. The highest BCUT2D eigenvalue weighted by Crippen LogP contribution is 2.39. The fraction of sp³-hybridized carbons (Fsp3) is 0.455. The quantitative estimate of drug-likeness (QED) is 0.643. The van der Waals surface area contributed by atoms with E-state index in [2.05, 4.69) is 10.1 Å². The summed E-state index contributed by atoms with van der Waals surface area (Å²) < 4.78 is 13.1. The molecule has 162 valence electrons. The molecule has 3 aromatic rings. The van der Waals surface area contributed by atoms with Gasteiger partial charge in [-0.25, -0.2) is 4.79 Å². The number of carbonyl (C=O) groups excluding carboxylic acids is 2. The smallest absolute Gasteiger partial charge is 0.417 e. The van der Waals surface area contributed by atoms with Gasteiger partial charge in [0.15, 0.2) is 22.8 Å². The monoisotopic (exact) mass is 424 g/mol. The molecule has 1 spiro atoms. The molecular formula is C22H24N4O5. The van der Waals surface area contributed by atoms with Crippen molar-refractivity contribution in [2.75, 3.05) is 13.1 Å². The van der Waals surface area contributed by atoms with E-state index in [0.29, 0.717) is 54.0 Å². The molecule has 1 saturated heterocycles. The molecule has 1 fully saturated rings. The second kappa shape index (κ2) is 6.57. The Morgan fingerprint density at radius 3 is 2.65 bits per heavy atom. The van der Waals surface area contributed by atoms with Crippen molar-refractivity contribution in [1.82, 2.24) is 19.7 Å². The number of nitrogens with one attached hydrogen (secondary N) is 1. The van der Waals surface area contributed by atoms with Gasteiger partial charge >= 0.3 is 5.76 Å². The van der Waals surface area contributed by atoms with Crippen LogP contribution >= 0.6 is 0 Å². The van der Waals surface area contributed by atoms with Crippen molar-refractivity contribution in [3.8, 4) is 5.75 Å². The molecular weight excluding hydrogens is 400 g/mol. The van der Waals surface area contributed by atoms with Gasteiger partial charge < -0.3 is 14.1 Å². The third-order valence-electron chi connectivity index (χ3n) is 6.07. The predicted molar refractivity (Wildman–Crippen MR) is 112 cm³/mol. The van der Waals surface area contributed by atoms with E-state index in [1.54, 1.807) is 34.0 Å². The first-order valence-electron chi connectivity index (χ1n) is 10.4. The second-order valence-electron chi connectivity index (χ2n) is 9.36. The highest BCUT2D eigenvalue weighted by molar-refractivity contribution is 5.99. The van der Waals surface area contributed by atoms with E-state index < -0.39 is 11.4 Å². The summed E-state index contributed by atoms with van der Waals surface area (Å²) in [6.07, 6.45) is 3.19. The molecule has 31 heavy (non-hydrogen) atoms. The number of ketones is 1. The van der Waals surface area contributed by atoms with Crippen LogP contribution in [0.2, 0.25) is 0 Å². The molecule has 2 aromatic heterocycles. The maximum Gasteiger partial charge on any atom is 0.417 e. The highest BCUT2D eigenvalue weighted by Gasteiger charge is 2.45. The van der Waals surface area contributed by atoms with Crippen LogP contribution in [0.15, 0.2) is 33.6 Å². The fourth-order valence-corrected chi connectivity index (χ4v) is 4.27. The van der Waals surface area contributed by atoms with Crippen LogP contribution in [0.1, 0.15) is 60.9 Å². The van der Waals surface area contributed by atoms with Gasteiger partial charge in [-0.05, 0) is 39.0 Å². The summed E-state index contributed by atoms with van der Waals surface area (Å²) in [7, 11) is 0. The van der Waals surface area contributed by atoms with Crippen molar-refractivity contribution in [3.05, 3.63) is 46.2 Å². The number of aromatic nitrogens is 3. The molecule has 1 N–H and O–H groups in total. The van der Waals surface area contributed by atoms with Crippen molar-refractivity contribution in [1.29, 1.82) is 0 Å². The van der Waals surface area contributed by atoms with E-state index in [-0.39, 0.29) is 23.7 Å². The van der Waals surface area contributed by atoms with Gasteiger partial charge in [0, 0.05) is 31.5 Å². The third kappa shape index (κ3) is 3.34. The normalized spacial score (nSPS) is 18.3. The van der Waals surface area contributed by atoms with Crippen molar-refractivity contribution < 1.29 is 18.7 Å². The van der Waals surface area contributed by atoms with Crippen LogP contribution in [0.3, 0.4) is 0 Å². The van der Waals surface area contributed by atoms with Crippen LogP contribution in [0.5, 0.6) is 5.75 Å². The number of benzene rings is 1. The van der Waals surface area contributed by atoms with Gasteiger partial charge in [0.1, 0.15) is 5.60 Å². The number of H-pyrrole nitrogens is 1. The number of hydrogen-bond acceptors (Lipinski definition) is 6. The molecule has 0 bridgehead atoms. The molecule has 0 unspecified atom stereocenters. The number of oxazole rings is 1. The minimum absolute atomic E-state index is 0.0167. The Morgan fingerprint density at radius 1 is 1.19 bits per heavy atom. The summed E-state index contributed by atoms with van der Waals surface area (Å²) in [6.45, 7) is 7.01. The summed E-state index contributed by atoms with van der Waals surface area (Å²) in [6, 6.07) is 4.91. The number of fused-ring (bicyclic) bond motifs is 2. The zero-order valence-electron chi connectivity index (χ0n) is 17.7. The van der Waals surface area contributed by atoms with Crippen LogP contribution in [0.25, 0.3) is 11.1 Å². The van der Waals surface area contributed by atoms with Crippen LogP contribution in [-0.2, 0) is 5.54 Å². The number of likely N-dealkylation sites (tertiary alicyclic amines) is 1. The molecule has 5 rings (SSSR count). The number of carbonyl (C=O) groups is 2. The maximum absolute atomic E-state index is 13.0. The highest BCUT2D eigenvalue weighted by atomic mass is 16.5. The molecule has 1 amide bonds. The average Bonchev–Trinajstić information content (AvgIpc) is 3.30. The standard InChI is InChI=1S/C22H24N4O5/c1-21(2,3)26-12-17-18(24-26)15(27)11-22(31-17)6-8-25(9-7-22)19(28)13-4-5-14-16(10-13)30-20(29)23-14/h4-5,10,12H,6-9,11H2,1-3H3,(H,23,29). The Labute approximate surface area is 178 Å². The van der Waals surface area contributed by atoms with Gasteiger partial charge in [0.25, 0.3) is 5.91 Å². The number of hydrogen-bond donors (Lipinski definition) is 1. The van der Waals surface area contributed by atoms with Crippen molar-refractivity contribution >= 4 is 22.8 Å². The number of amides is 1. The van der Waals surface area contributed by atoms with Gasteiger partial charge in [0.05, 0.1) is 23.7 Å². The molecule has 0 atom stereocenters. The lowest BCUT2D eigenvalue weighted by molar-refractivity contribution is -0.00586. The Kier molecular flexibility index (Phi) is 4.15. The first-order chi connectivity index (χ1) is 14.6. The lowest BCUT2D eigenvalue weighted by atomic mass is 9.83. The van der Waals surface area contributed by atoms with Gasteiger partial charge in [-0.2, -0.15) is 5.10 Å². The molecule has 4 heterocycles. The first-order valence-corrected chi connectivity index (χ1v) is 10.4. The van der Waals surface area contributed by atoms with Crippen molar-refractivity contribution in [3.63, 3.8) is 0 Å². The average molecular weight is 424 g/mol. The zero-order valence-corrected chi connectivity index (χ0v) is 17.7. The van der Waals surface area contributed by atoms with E-state index in [1.807, 2.05) is 20.8 Å². The van der Waals surface area contributed by atoms with Crippen LogP contribution in [-0.4, -0.2) is 50.0 Å². The molecule has 0 aliphatic carbocycles. The molecule has 0 radical (unpaired) electrons. The summed E-state index contributed by atoms with van der Waals surface area (Å²) in [5.74, 6) is -0.174. The number of nitrogens with zero attached hydrogens (tertiary/aromatic N) is 3. The molecule has 9 heteroatoms. The summed E-state index contributed by atoms with van der Waals surface area (Å²) in [5.41, 5.74) is 0.905. The number of Topliss-reactive ketones (excluding diaryl/α,β-unsaturated/α-hetero) is 1. The van der Waals surface area contributed by atoms with E-state index in [9.17, 15) is 14.4 Å². The van der Waals surface area contributed by atoms with E-state index in [1.165, 1.54) is 0 Å². The Morgan fingerprint density at radius 2 is 1.94 bits per heavy atom. The Hall–Kier alpha value is -3.36. The Bertz CT molecular complexity index is 1250. The van der Waals surface area contributed by atoms with Crippen molar-refractivity contribution in [2.24, 2.45) is 0 Å². The van der Waals surface area contributed by atoms with E-state index >= 15 is 0 Å². The van der Waals surface area contributed by atoms with Gasteiger partial charge in [-0.15, -0.1) is 0 Å². The van der Waals surface area contributed by atoms with Crippen LogP contribution in [0.4, 0.5) is 0 Å². The molecule has 1 aromatic carbocycles. The predicted octanol–water partition coefficient (Wildman–Crippen LogP) is 2.71. The van der Waals surface area contributed by atoms with Crippen LogP contribution in [0, 0.1) is 0 Å². The number of piperidine rings is 1. The lowest BCUT2D eigenvalue weighted by Gasteiger charge is -2.43. The van der Waals surface area contributed by atoms with E-state index in [4.69, 9.17) is 9.15 Å². The van der Waals surface area contributed by atoms with Crippen LogP contribution < -0.4 is 10.5 Å². The second-order valence-corrected chi connectivity index (χ2v) is 9.36. The SMILES string of the molecule is CC(C)(C)n1cc2c(n1)C(=O)CC1(CCN(C(=O)c3ccc4[nH]c(=O)oc4c3)CC1)O2. The lowest BCUT2D eigenvalue weighted by Crippen LogP contribution is -2.52. The number of rotatable bonds is 1. The fourth-order valence-electron chi connectivity index (χ4n) is 4.27. The number of aromatic amines is 1. The third-order valence-corrected chi connectivity index (χ3v) is 6.07. The topological polar surface area (TPSA) is 110 Å². The van der Waals surface area contributed by atoms with Gasteiger partial charge in [-0.1, -0.05) is 0 Å². The molecule has 9 nitrogen and oxygen atoms in total. The van der Waals surface area contributed by atoms with Gasteiger partial charge in [0.2, 0.25) is 0 Å². The Balaban J connectivity index is 1.32. The largest absolute Gasteiger partial charge is 0.483 e. The molecule has 2 aliphatic heterocycles. The number of ether oxygens (including phenoxy) is 1. The minimum atomic E-state index is -0.607. The zero-order chi connectivity index (χ0) is 22.0. The minimum Gasteiger partial charge on any atom is -0.483 e. The maximum atomic E-state index is 13.0. The molecule has 2 aliphatic rings. The van der Waals surface area contributed by atoms with E-state index in [0.717, 1.165) is 0 Å². The van der Waals surface area contributed by atoms with Crippen molar-refractivity contribution in [2.45, 2.75) is 51.2 Å². The summed E-state index contributed by atoms with van der Waals surface area (Å²) >= 11 is 0.